The maximum atomic E-state index is 12.6. The Morgan fingerprint density at radius 1 is 1.16 bits per heavy atom. The number of imide groups is 1. The molecule has 162 valence electrons. The molecule has 0 unspecified atom stereocenters. The molecule has 0 bridgehead atoms. The van der Waals surface area contributed by atoms with Gasteiger partial charge in [-0.25, -0.2) is 0 Å². The number of hydrogen-bond acceptors (Lipinski definition) is 6. The third kappa shape index (κ3) is 6.03. The highest BCUT2D eigenvalue weighted by Gasteiger charge is 2.37. The van der Waals surface area contributed by atoms with E-state index in [4.69, 9.17) is 32.7 Å². The Balaban J connectivity index is 1.75. The van der Waals surface area contributed by atoms with E-state index in [9.17, 15) is 14.4 Å². The van der Waals surface area contributed by atoms with E-state index in [1.54, 1.807) is 62.4 Å². The standard InChI is InChI=1S/C22H19Cl2NO5S/c1-13(2)30-20(26)11-25-21(27)19(31-22(25)28)9-14-5-3-4-6-18(14)29-12-15-7-8-16(23)10-17(15)24/h3-10,13H,11-12H2,1-2H3/b19-9+. The van der Waals surface area contributed by atoms with Crippen molar-refractivity contribution in [2.45, 2.75) is 26.6 Å². The predicted molar refractivity (Wildman–Crippen MR) is 121 cm³/mol. The molecule has 3 rings (SSSR count). The van der Waals surface area contributed by atoms with Crippen LogP contribution in [0.5, 0.6) is 5.75 Å². The number of ether oxygens (including phenoxy) is 2. The second-order valence-corrected chi connectivity index (χ2v) is 8.71. The van der Waals surface area contributed by atoms with Gasteiger partial charge in [0.1, 0.15) is 18.9 Å². The lowest BCUT2D eigenvalue weighted by Crippen LogP contribution is -2.35. The molecule has 9 heteroatoms. The summed E-state index contributed by atoms with van der Waals surface area (Å²) in [6.45, 7) is 3.16. The molecule has 1 heterocycles. The first-order valence-corrected chi connectivity index (χ1v) is 10.9. The van der Waals surface area contributed by atoms with E-state index in [0.717, 1.165) is 22.2 Å². The minimum atomic E-state index is -0.637. The third-order valence-corrected chi connectivity index (χ3v) is 5.63. The lowest BCUT2D eigenvalue weighted by Gasteiger charge is -2.13. The molecule has 1 aliphatic heterocycles. The zero-order valence-corrected chi connectivity index (χ0v) is 19.1. The van der Waals surface area contributed by atoms with Crippen molar-refractivity contribution in [3.05, 3.63) is 68.5 Å². The Morgan fingerprint density at radius 3 is 2.61 bits per heavy atom. The Hall–Kier alpha value is -2.48. The first-order chi connectivity index (χ1) is 14.7. The molecule has 1 aliphatic rings. The van der Waals surface area contributed by atoms with Crippen LogP contribution in [0, 0.1) is 0 Å². The van der Waals surface area contributed by atoms with Crippen LogP contribution in [0.4, 0.5) is 4.79 Å². The maximum Gasteiger partial charge on any atom is 0.326 e. The molecule has 2 aromatic carbocycles. The van der Waals surface area contributed by atoms with Crippen LogP contribution in [-0.4, -0.2) is 34.7 Å². The van der Waals surface area contributed by atoms with Crippen LogP contribution in [0.3, 0.4) is 0 Å². The average Bonchev–Trinajstić information content (AvgIpc) is 2.95. The van der Waals surface area contributed by atoms with Crippen molar-refractivity contribution in [2.75, 3.05) is 6.54 Å². The van der Waals surface area contributed by atoms with Gasteiger partial charge in [0.15, 0.2) is 0 Å². The second-order valence-electron chi connectivity index (χ2n) is 6.87. The van der Waals surface area contributed by atoms with Crippen molar-refractivity contribution < 1.29 is 23.9 Å². The van der Waals surface area contributed by atoms with Crippen LogP contribution in [0.1, 0.15) is 25.0 Å². The Kier molecular flexibility index (Phi) is 7.64. The lowest BCUT2D eigenvalue weighted by atomic mass is 10.1. The largest absolute Gasteiger partial charge is 0.488 e. The second kappa shape index (κ2) is 10.2. The molecule has 31 heavy (non-hydrogen) atoms. The molecule has 0 aromatic heterocycles. The summed E-state index contributed by atoms with van der Waals surface area (Å²) >= 11 is 12.9. The number of carbonyl (C=O) groups is 3. The van der Waals surface area contributed by atoms with Gasteiger partial charge in [0.05, 0.1) is 11.0 Å². The van der Waals surface area contributed by atoms with Gasteiger partial charge in [0.2, 0.25) is 0 Å². The monoisotopic (exact) mass is 479 g/mol. The first kappa shape index (κ1) is 23.2. The van der Waals surface area contributed by atoms with Gasteiger partial charge >= 0.3 is 5.97 Å². The molecule has 1 fully saturated rings. The molecule has 1 saturated heterocycles. The Morgan fingerprint density at radius 2 is 1.90 bits per heavy atom. The number of carbonyl (C=O) groups excluding carboxylic acids is 3. The van der Waals surface area contributed by atoms with Crippen molar-refractivity contribution in [3.63, 3.8) is 0 Å². The number of esters is 1. The van der Waals surface area contributed by atoms with Crippen LogP contribution >= 0.6 is 35.0 Å². The topological polar surface area (TPSA) is 72.9 Å². The molecule has 2 amide bonds. The van der Waals surface area contributed by atoms with Crippen molar-refractivity contribution in [3.8, 4) is 5.75 Å². The number of hydrogen-bond donors (Lipinski definition) is 0. The van der Waals surface area contributed by atoms with E-state index in [2.05, 4.69) is 0 Å². The van der Waals surface area contributed by atoms with E-state index in [-0.39, 0.29) is 17.6 Å². The minimum Gasteiger partial charge on any atom is -0.488 e. The summed E-state index contributed by atoms with van der Waals surface area (Å²) in [5.74, 6) is -0.673. The summed E-state index contributed by atoms with van der Waals surface area (Å²) < 4.78 is 10.9. The summed E-state index contributed by atoms with van der Waals surface area (Å²) in [4.78, 5) is 37.8. The number of benzene rings is 2. The fraction of sp³-hybridized carbons (Fsp3) is 0.227. The lowest BCUT2D eigenvalue weighted by molar-refractivity contribution is -0.149. The molecule has 0 N–H and O–H groups in total. The van der Waals surface area contributed by atoms with Crippen LogP contribution in [0.25, 0.3) is 6.08 Å². The van der Waals surface area contributed by atoms with E-state index in [0.29, 0.717) is 21.4 Å². The molecule has 0 radical (unpaired) electrons. The van der Waals surface area contributed by atoms with Gasteiger partial charge in [-0.3, -0.25) is 19.3 Å². The third-order valence-electron chi connectivity index (χ3n) is 4.13. The van der Waals surface area contributed by atoms with Gasteiger partial charge in [-0.1, -0.05) is 47.5 Å². The van der Waals surface area contributed by atoms with Gasteiger partial charge in [0.25, 0.3) is 11.1 Å². The maximum absolute atomic E-state index is 12.6. The van der Waals surface area contributed by atoms with Crippen LogP contribution in [0.15, 0.2) is 47.4 Å². The van der Waals surface area contributed by atoms with Gasteiger partial charge in [0, 0.05) is 21.2 Å². The number of amides is 2. The molecular weight excluding hydrogens is 461 g/mol. The molecule has 0 atom stereocenters. The summed E-state index contributed by atoms with van der Waals surface area (Å²) in [6.07, 6.45) is 1.23. The number of para-hydroxylation sites is 1. The molecule has 2 aromatic rings. The Bertz CT molecular complexity index is 1050. The normalized spacial score (nSPS) is 15.1. The first-order valence-electron chi connectivity index (χ1n) is 9.35. The van der Waals surface area contributed by atoms with Crippen LogP contribution < -0.4 is 4.74 Å². The molecule has 0 spiro atoms. The Labute approximate surface area is 194 Å². The molecule has 0 aliphatic carbocycles. The van der Waals surface area contributed by atoms with Gasteiger partial charge < -0.3 is 9.47 Å². The highest BCUT2D eigenvalue weighted by molar-refractivity contribution is 8.18. The zero-order chi connectivity index (χ0) is 22.5. The summed E-state index contributed by atoms with van der Waals surface area (Å²) in [5.41, 5.74) is 1.37. The predicted octanol–water partition coefficient (Wildman–Crippen LogP) is 5.56. The fourth-order valence-electron chi connectivity index (χ4n) is 2.73. The summed E-state index contributed by atoms with van der Waals surface area (Å²) in [6, 6.07) is 12.2. The highest BCUT2D eigenvalue weighted by atomic mass is 35.5. The number of nitrogens with zero attached hydrogens (tertiary/aromatic N) is 1. The zero-order valence-electron chi connectivity index (χ0n) is 16.8. The van der Waals surface area contributed by atoms with Crippen molar-refractivity contribution in [1.82, 2.24) is 4.90 Å². The number of rotatable bonds is 7. The van der Waals surface area contributed by atoms with Crippen molar-refractivity contribution in [1.29, 1.82) is 0 Å². The SMILES string of the molecule is CC(C)OC(=O)CN1C(=O)S/C(=C/c2ccccc2OCc2ccc(Cl)cc2Cl)C1=O. The van der Waals surface area contributed by atoms with Gasteiger partial charge in [-0.15, -0.1) is 0 Å². The van der Waals surface area contributed by atoms with Crippen molar-refractivity contribution >= 4 is 58.2 Å². The van der Waals surface area contributed by atoms with Crippen LogP contribution in [-0.2, 0) is 20.9 Å². The number of thioether (sulfide) groups is 1. The number of halogens is 2. The summed E-state index contributed by atoms with van der Waals surface area (Å²) in [5, 5.41) is 0.491. The highest BCUT2D eigenvalue weighted by Crippen LogP contribution is 2.34. The smallest absolute Gasteiger partial charge is 0.326 e. The van der Waals surface area contributed by atoms with Crippen LogP contribution in [0.2, 0.25) is 10.0 Å². The van der Waals surface area contributed by atoms with E-state index >= 15 is 0 Å². The molecule has 0 saturated carbocycles. The summed E-state index contributed by atoms with van der Waals surface area (Å²) in [7, 11) is 0. The quantitative estimate of drug-likeness (QED) is 0.382. The molecular formula is C22H19Cl2NO5S. The minimum absolute atomic E-state index is 0.197. The van der Waals surface area contributed by atoms with Crippen molar-refractivity contribution in [2.24, 2.45) is 0 Å². The van der Waals surface area contributed by atoms with E-state index in [1.165, 1.54) is 0 Å². The molecule has 6 nitrogen and oxygen atoms in total. The van der Waals surface area contributed by atoms with Gasteiger partial charge in [-0.2, -0.15) is 0 Å². The van der Waals surface area contributed by atoms with E-state index < -0.39 is 23.7 Å². The fourth-order valence-corrected chi connectivity index (χ4v) is 4.02. The van der Waals surface area contributed by atoms with Gasteiger partial charge in [-0.05, 0) is 49.9 Å². The average molecular weight is 480 g/mol. The van der Waals surface area contributed by atoms with E-state index in [1.807, 2.05) is 0 Å².